The number of aldehydes is 1. The lowest BCUT2D eigenvalue weighted by atomic mass is 9.85. The number of alkyl carbamates (subject to hydrolysis) is 1. The second kappa shape index (κ2) is 16.0. The van der Waals surface area contributed by atoms with Gasteiger partial charge in [0.15, 0.2) is 11.4 Å². The van der Waals surface area contributed by atoms with Gasteiger partial charge in [0.05, 0.1) is 17.8 Å². The zero-order valence-electron chi connectivity index (χ0n) is 33.1. The zero-order valence-corrected chi connectivity index (χ0v) is 34.7. The fraction of sp³-hybridized carbons (Fsp3) is 0.537. The fourth-order valence-electron chi connectivity index (χ4n) is 8.12. The Morgan fingerprint density at radius 1 is 1.09 bits per heavy atom. The Balaban J connectivity index is 1.21. The molecule has 17 heteroatoms. The first-order valence-electron chi connectivity index (χ1n) is 19.6. The van der Waals surface area contributed by atoms with E-state index in [1.165, 1.54) is 22.3 Å². The minimum Gasteiger partial charge on any atom is -0.488 e. The van der Waals surface area contributed by atoms with E-state index in [4.69, 9.17) is 35.8 Å². The monoisotopic (exact) mass is 836 g/mol. The van der Waals surface area contributed by atoms with E-state index in [9.17, 15) is 29.1 Å². The molecule has 1 aliphatic heterocycles. The molecule has 4 N–H and O–H groups in total. The molecule has 8 atom stereocenters. The van der Waals surface area contributed by atoms with Gasteiger partial charge in [-0.2, -0.15) is 0 Å². The summed E-state index contributed by atoms with van der Waals surface area (Å²) in [5.74, 6) is -1.16. The van der Waals surface area contributed by atoms with E-state index in [-0.39, 0.29) is 48.9 Å². The van der Waals surface area contributed by atoms with Gasteiger partial charge in [-0.3, -0.25) is 14.4 Å². The van der Waals surface area contributed by atoms with E-state index in [1.54, 1.807) is 39.0 Å². The van der Waals surface area contributed by atoms with Gasteiger partial charge < -0.3 is 40.2 Å². The van der Waals surface area contributed by atoms with Crippen molar-refractivity contribution in [2.75, 3.05) is 18.5 Å². The molecule has 7 rings (SSSR count). The van der Waals surface area contributed by atoms with Gasteiger partial charge in [0, 0.05) is 35.2 Å². The number of fused-ring (bicyclic) bond motifs is 2. The first-order valence-corrected chi connectivity index (χ1v) is 20.8. The molecule has 3 heterocycles. The molecule has 4 aliphatic rings. The number of nitrogens with one attached hydrogen (secondary N) is 3. The number of pyridine rings is 1. The summed E-state index contributed by atoms with van der Waals surface area (Å²) in [7, 11) is 0. The normalized spacial score (nSPS) is 26.4. The number of nitrogens with zero attached hydrogens (tertiary/aromatic N) is 3. The predicted molar refractivity (Wildman–Crippen MR) is 217 cm³/mol. The standard InChI is InChI=1S/C41H49ClN6O9S/c1-7-23-17-41(23,37(52)53)47-35(50)29-15-25(18-48(29)36(51)34(40(4,5)6)46-39(54)57-24-13-21-12-22(21)14-24)56-31-16-27(28-19-58-38(45-28)43-20(2)3)44-33-26(31)8-9-30(32(33)42)55-11-10-49/h7-10,16,19-25,29,34H,1,11-15,17-18H2,2-6H3,(H,43,45)(H,46,54)(H,47,50)(H,52,53)/t21-,22+,23-,24+,25-,29+,34-,41?/m1/s1. The number of carbonyl (C=O) groups is 5. The maximum atomic E-state index is 14.7. The third-order valence-electron chi connectivity index (χ3n) is 11.4. The van der Waals surface area contributed by atoms with E-state index < -0.39 is 58.9 Å². The Morgan fingerprint density at radius 3 is 2.47 bits per heavy atom. The maximum Gasteiger partial charge on any atom is 0.408 e. The fourth-order valence-corrected chi connectivity index (χ4v) is 9.24. The van der Waals surface area contributed by atoms with Crippen LogP contribution in [0.1, 0.15) is 66.7 Å². The molecule has 0 spiro atoms. The zero-order chi connectivity index (χ0) is 41.7. The molecule has 1 unspecified atom stereocenters. The van der Waals surface area contributed by atoms with Gasteiger partial charge in [0.25, 0.3) is 0 Å². The van der Waals surface area contributed by atoms with Crippen molar-refractivity contribution in [2.45, 2.75) is 103 Å². The second-order valence-corrected chi connectivity index (χ2v) is 18.3. The Bertz CT molecular complexity index is 2130. The van der Waals surface area contributed by atoms with Crippen LogP contribution >= 0.6 is 22.9 Å². The van der Waals surface area contributed by atoms with Crippen LogP contribution in [-0.2, 0) is 23.9 Å². The van der Waals surface area contributed by atoms with Crippen LogP contribution < -0.4 is 25.4 Å². The molecule has 310 valence electrons. The van der Waals surface area contributed by atoms with Crippen LogP contribution in [0.25, 0.3) is 22.3 Å². The lowest BCUT2D eigenvalue weighted by Gasteiger charge is -2.35. The van der Waals surface area contributed by atoms with Crippen molar-refractivity contribution < 1.29 is 43.3 Å². The van der Waals surface area contributed by atoms with Crippen molar-refractivity contribution in [1.82, 2.24) is 25.5 Å². The van der Waals surface area contributed by atoms with Crippen molar-refractivity contribution in [2.24, 2.45) is 23.2 Å². The quantitative estimate of drug-likeness (QED) is 0.106. The van der Waals surface area contributed by atoms with Crippen LogP contribution in [0.15, 0.2) is 36.2 Å². The molecular formula is C41H49ClN6O9S. The summed E-state index contributed by atoms with van der Waals surface area (Å²) < 4.78 is 18.0. The first-order chi connectivity index (χ1) is 27.5. The topological polar surface area (TPSA) is 198 Å². The van der Waals surface area contributed by atoms with Gasteiger partial charge in [0.1, 0.15) is 58.7 Å². The van der Waals surface area contributed by atoms with Crippen LogP contribution in [0, 0.1) is 23.2 Å². The minimum atomic E-state index is -1.55. The number of hydrogen-bond donors (Lipinski definition) is 4. The summed E-state index contributed by atoms with van der Waals surface area (Å²) in [6, 6.07) is 2.88. The maximum absolute atomic E-state index is 14.7. The van der Waals surface area contributed by atoms with E-state index in [1.807, 2.05) is 19.2 Å². The highest BCUT2D eigenvalue weighted by molar-refractivity contribution is 7.14. The summed E-state index contributed by atoms with van der Waals surface area (Å²) in [4.78, 5) is 76.5. The molecule has 1 saturated heterocycles. The van der Waals surface area contributed by atoms with Crippen LogP contribution in [0.3, 0.4) is 0 Å². The van der Waals surface area contributed by atoms with Crippen LogP contribution in [0.4, 0.5) is 9.93 Å². The average Bonchev–Trinajstić information content (AvgIpc) is 3.83. The third kappa shape index (κ3) is 8.44. The molecule has 58 heavy (non-hydrogen) atoms. The van der Waals surface area contributed by atoms with Crippen LogP contribution in [0.2, 0.25) is 5.02 Å². The highest BCUT2D eigenvalue weighted by Crippen LogP contribution is 2.52. The van der Waals surface area contributed by atoms with Crippen molar-refractivity contribution in [1.29, 1.82) is 0 Å². The number of carbonyl (C=O) groups excluding carboxylic acids is 4. The van der Waals surface area contributed by atoms with Crippen molar-refractivity contribution >= 4 is 69.1 Å². The number of anilines is 1. The largest absolute Gasteiger partial charge is 0.488 e. The lowest BCUT2D eigenvalue weighted by molar-refractivity contribution is -0.146. The van der Waals surface area contributed by atoms with Gasteiger partial charge in [-0.1, -0.05) is 38.4 Å². The molecule has 0 bridgehead atoms. The third-order valence-corrected chi connectivity index (χ3v) is 12.5. The highest BCUT2D eigenvalue weighted by Gasteiger charge is 2.61. The van der Waals surface area contributed by atoms with E-state index in [0.29, 0.717) is 51.3 Å². The van der Waals surface area contributed by atoms with Gasteiger partial charge in [0.2, 0.25) is 11.8 Å². The van der Waals surface area contributed by atoms with Crippen molar-refractivity contribution in [3.8, 4) is 22.9 Å². The Labute approximate surface area is 345 Å². The van der Waals surface area contributed by atoms with Crippen molar-refractivity contribution in [3.05, 3.63) is 41.3 Å². The number of aliphatic carboxylic acids is 1. The number of carboxylic acid groups (broad SMARTS) is 1. The summed E-state index contributed by atoms with van der Waals surface area (Å²) in [6.07, 6.45) is 3.31. The van der Waals surface area contributed by atoms with Gasteiger partial charge in [-0.15, -0.1) is 17.9 Å². The van der Waals surface area contributed by atoms with Crippen LogP contribution in [0.5, 0.6) is 11.5 Å². The molecule has 0 radical (unpaired) electrons. The van der Waals surface area contributed by atoms with E-state index in [0.717, 1.165) is 19.3 Å². The molecule has 2 aromatic heterocycles. The second-order valence-electron chi connectivity index (χ2n) is 17.1. The molecule has 3 aliphatic carbocycles. The Hall–Kier alpha value is -4.96. The number of halogens is 1. The van der Waals surface area contributed by atoms with E-state index in [2.05, 4.69) is 22.5 Å². The molecule has 1 aromatic carbocycles. The molecular weight excluding hydrogens is 788 g/mol. The molecule has 4 fully saturated rings. The number of benzene rings is 1. The minimum absolute atomic E-state index is 0.00917. The molecule has 3 aromatic rings. The van der Waals surface area contributed by atoms with Gasteiger partial charge in [-0.05, 0) is 68.9 Å². The number of ether oxygens (including phenoxy) is 3. The van der Waals surface area contributed by atoms with Crippen molar-refractivity contribution in [3.63, 3.8) is 0 Å². The number of aromatic nitrogens is 2. The number of hydrogen-bond acceptors (Lipinski definition) is 12. The molecule has 3 amide bonds. The number of likely N-dealkylation sites (tertiary alicyclic amines) is 1. The van der Waals surface area contributed by atoms with Crippen LogP contribution in [-0.4, -0.2) is 99.2 Å². The SMILES string of the molecule is C=C[C@@H]1CC1(NC(=O)[C@@H]1C[C@@H](Oc2cc(-c3csc(NC(C)C)n3)nc3c(Cl)c(OCC=O)ccc23)CN1C(=O)[C@@H](NC(=O)O[C@@H]1C[C@@H]2C[C@@H]2C1)C(C)(C)C)C(=O)O. The molecule has 3 saturated carbocycles. The Kier molecular flexibility index (Phi) is 11.4. The average molecular weight is 837 g/mol. The number of thiazole rings is 1. The number of rotatable bonds is 15. The van der Waals surface area contributed by atoms with Gasteiger partial charge >= 0.3 is 12.1 Å². The first kappa shape index (κ1) is 41.2. The van der Waals surface area contributed by atoms with E-state index >= 15 is 0 Å². The predicted octanol–water partition coefficient (Wildman–Crippen LogP) is 5.84. The Morgan fingerprint density at radius 2 is 1.83 bits per heavy atom. The summed E-state index contributed by atoms with van der Waals surface area (Å²) in [5.41, 5.74) is -1.09. The number of amides is 3. The summed E-state index contributed by atoms with van der Waals surface area (Å²) in [6.45, 7) is 12.8. The van der Waals surface area contributed by atoms with Gasteiger partial charge in [-0.25, -0.2) is 19.6 Å². The summed E-state index contributed by atoms with van der Waals surface area (Å²) in [5, 5.41) is 22.1. The molecule has 15 nitrogen and oxygen atoms in total. The summed E-state index contributed by atoms with van der Waals surface area (Å²) >= 11 is 8.23. The smallest absolute Gasteiger partial charge is 0.408 e. The lowest BCUT2D eigenvalue weighted by Crippen LogP contribution is -2.59. The number of carboxylic acids is 1. The highest BCUT2D eigenvalue weighted by atomic mass is 35.5.